The first-order chi connectivity index (χ1) is 55.8. The quantitative estimate of drug-likeness (QED) is 0.0310. The third-order valence-corrected chi connectivity index (χ3v) is 24.7. The molecule has 116 heavy (non-hydrogen) atoms. The van der Waals surface area contributed by atoms with Gasteiger partial charge in [0.2, 0.25) is 0 Å². The molecule has 0 saturated carbocycles. The number of unbranched alkanes of at least 4 members (excludes halogenated alkanes) is 8. The van der Waals surface area contributed by atoms with Crippen molar-refractivity contribution in [2.24, 2.45) is 35.5 Å². The summed E-state index contributed by atoms with van der Waals surface area (Å²) in [7, 11) is 0. The van der Waals surface area contributed by atoms with Crippen LogP contribution < -0.4 is 0 Å². The summed E-state index contributed by atoms with van der Waals surface area (Å²) in [4.78, 5) is 165. The first-order valence-electron chi connectivity index (χ1n) is 42.0. The maximum atomic E-state index is 13.5. The number of esters is 12. The summed E-state index contributed by atoms with van der Waals surface area (Å²) in [5.41, 5.74) is 0. The van der Waals surface area contributed by atoms with Crippen LogP contribution in [0.25, 0.3) is 0 Å². The standard InChI is InChI=1S/C82H146N4O24S6/c1-13-17-21-55-113-61-67(7)79(95)107-51-45-101-73(89)27-33-83(31-25-71(87)99-43-49-105-77(93)65(5)59-111-11)37-40-86(41-38-84(32-26-72(88)100-44-50-106-78(94)66(6)60-112-12)34-28-74(90)102-46-52-108-80(96)68(8)62-114-56-22-18-14-2)42-39-85(35-29-75(91)103-47-53-109-81(97)69(9)63-115-57-23-19-15-3)36-30-76(92)104-48-54-110-82(98)70(10)64-116-58-24-20-16-4/h65-70H,13-64H2,1-12H3. The van der Waals surface area contributed by atoms with E-state index in [-0.39, 0.29) is 232 Å². The van der Waals surface area contributed by atoms with Crippen LogP contribution in [0, 0.1) is 35.5 Å². The zero-order valence-corrected chi connectivity index (χ0v) is 77.2. The van der Waals surface area contributed by atoms with Crippen molar-refractivity contribution in [2.75, 3.05) is 228 Å². The number of carbonyl (C=O) groups excluding carboxylic acids is 12. The number of nitrogens with zero attached hydrogens (tertiary/aromatic N) is 4. The minimum Gasteiger partial charge on any atom is -0.462 e. The molecule has 0 aromatic rings. The number of hydrogen-bond acceptors (Lipinski definition) is 34. The van der Waals surface area contributed by atoms with Gasteiger partial charge in [-0.2, -0.15) is 70.6 Å². The number of rotatable bonds is 79. The van der Waals surface area contributed by atoms with Gasteiger partial charge in [0.15, 0.2) is 0 Å². The molecule has 0 aliphatic rings. The fraction of sp³-hybridized carbons (Fsp3) is 0.854. The van der Waals surface area contributed by atoms with Crippen molar-refractivity contribution < 1.29 is 114 Å². The highest BCUT2D eigenvalue weighted by Gasteiger charge is 2.24. The van der Waals surface area contributed by atoms with E-state index in [9.17, 15) is 57.5 Å². The summed E-state index contributed by atoms with van der Waals surface area (Å²) in [6, 6.07) is 0. The smallest absolute Gasteiger partial charge is 0.309 e. The van der Waals surface area contributed by atoms with E-state index in [1.165, 1.54) is 23.5 Å². The summed E-state index contributed by atoms with van der Waals surface area (Å²) < 4.78 is 65.7. The summed E-state index contributed by atoms with van der Waals surface area (Å²) in [5.74, 6) is -0.712. The van der Waals surface area contributed by atoms with E-state index < -0.39 is 71.6 Å². The Balaban J connectivity index is 7.33. The van der Waals surface area contributed by atoms with E-state index in [2.05, 4.69) is 32.6 Å². The Morgan fingerprint density at radius 2 is 0.379 bits per heavy atom. The number of ether oxygens (including phenoxy) is 12. The maximum Gasteiger partial charge on any atom is 0.309 e. The van der Waals surface area contributed by atoms with Crippen LogP contribution in [0.1, 0.15) is 185 Å². The minimum atomic E-state index is -0.588. The molecule has 0 aliphatic carbocycles. The molecular weight excluding hydrogens is 1620 g/mol. The summed E-state index contributed by atoms with van der Waals surface area (Å²) in [6.45, 7) is 19.4. The average molecular weight is 1760 g/mol. The van der Waals surface area contributed by atoms with Crippen LogP contribution in [0.5, 0.6) is 0 Å². The van der Waals surface area contributed by atoms with Gasteiger partial charge in [0, 0.05) is 113 Å². The molecule has 34 heteroatoms. The van der Waals surface area contributed by atoms with Gasteiger partial charge in [-0.1, -0.05) is 121 Å². The molecule has 0 bridgehead atoms. The van der Waals surface area contributed by atoms with Crippen molar-refractivity contribution in [3.63, 3.8) is 0 Å². The minimum absolute atomic E-state index is 0.0997. The fourth-order valence-electron chi connectivity index (χ4n) is 10.5. The van der Waals surface area contributed by atoms with E-state index in [0.29, 0.717) is 34.5 Å². The number of thioether (sulfide) groups is 6. The van der Waals surface area contributed by atoms with Gasteiger partial charge in [0.05, 0.1) is 74.0 Å². The molecule has 0 heterocycles. The fourth-order valence-corrected chi connectivity index (χ4v) is 16.1. The first-order valence-corrected chi connectivity index (χ1v) is 49.4. The Morgan fingerprint density at radius 1 is 0.224 bits per heavy atom. The summed E-state index contributed by atoms with van der Waals surface area (Å²) in [6.07, 6.45) is 16.1. The molecule has 0 rings (SSSR count). The topological polar surface area (TPSA) is 329 Å². The second kappa shape index (κ2) is 76.7. The van der Waals surface area contributed by atoms with Gasteiger partial charge >= 0.3 is 71.6 Å². The average Bonchev–Trinajstić information content (AvgIpc) is 0.915. The highest BCUT2D eigenvalue weighted by atomic mass is 32.2. The molecule has 0 amide bonds. The lowest BCUT2D eigenvalue weighted by Crippen LogP contribution is -2.45. The van der Waals surface area contributed by atoms with Crippen molar-refractivity contribution in [3.05, 3.63) is 0 Å². The van der Waals surface area contributed by atoms with Crippen molar-refractivity contribution in [1.29, 1.82) is 0 Å². The second-order valence-corrected chi connectivity index (χ2v) is 35.1. The van der Waals surface area contributed by atoms with Crippen LogP contribution in [-0.2, 0) is 114 Å². The normalized spacial score (nSPS) is 12.9. The predicted molar refractivity (Wildman–Crippen MR) is 464 cm³/mol. The van der Waals surface area contributed by atoms with Gasteiger partial charge in [-0.3, -0.25) is 62.4 Å². The van der Waals surface area contributed by atoms with E-state index in [1.807, 2.05) is 27.2 Å². The molecule has 6 atom stereocenters. The molecule has 0 N–H and O–H groups in total. The van der Waals surface area contributed by atoms with Crippen LogP contribution in [0.2, 0.25) is 0 Å². The lowest BCUT2D eigenvalue weighted by Gasteiger charge is -2.32. The zero-order chi connectivity index (χ0) is 86.2. The zero-order valence-electron chi connectivity index (χ0n) is 72.3. The Bertz CT molecular complexity index is 2480. The second-order valence-electron chi connectivity index (χ2n) is 28.6. The molecule has 6 unspecified atom stereocenters. The van der Waals surface area contributed by atoms with Crippen molar-refractivity contribution in [2.45, 2.75) is 185 Å². The SMILES string of the molecule is CCCCCSCC(C)C(=O)OCCOC(=O)CCN(CCC(=O)OCCOC(=O)C(C)CSC)CCN(CCN(CCC(=O)OCCOC(=O)C(C)CSC)CCC(=O)OCCOC(=O)C(C)CSCCCCC)CCN(CCC(=O)OCCOC(=O)C(C)CSCCCCC)CCC(=O)OCCOC(=O)C(C)CSCCCCC. The highest BCUT2D eigenvalue weighted by Crippen LogP contribution is 2.18. The van der Waals surface area contributed by atoms with E-state index in [1.54, 1.807) is 88.6 Å². The van der Waals surface area contributed by atoms with Crippen LogP contribution in [0.15, 0.2) is 0 Å². The maximum absolute atomic E-state index is 13.5. The van der Waals surface area contributed by atoms with E-state index in [4.69, 9.17) is 56.8 Å². The molecule has 0 fully saturated rings. The molecule has 0 spiro atoms. The third-order valence-electron chi connectivity index (χ3n) is 17.8. The van der Waals surface area contributed by atoms with Crippen molar-refractivity contribution >= 4 is 142 Å². The van der Waals surface area contributed by atoms with Crippen molar-refractivity contribution in [1.82, 2.24) is 19.6 Å². The Morgan fingerprint density at radius 3 is 0.543 bits per heavy atom. The molecule has 28 nitrogen and oxygen atoms in total. The molecule has 0 radical (unpaired) electrons. The monoisotopic (exact) mass is 1760 g/mol. The first kappa shape index (κ1) is 112. The van der Waals surface area contributed by atoms with Gasteiger partial charge in [-0.15, -0.1) is 0 Å². The number of hydrogen-bond donors (Lipinski definition) is 0. The van der Waals surface area contributed by atoms with Crippen LogP contribution in [0.4, 0.5) is 0 Å². The molecule has 674 valence electrons. The predicted octanol–water partition coefficient (Wildman–Crippen LogP) is 11.3. The van der Waals surface area contributed by atoms with Crippen molar-refractivity contribution in [3.8, 4) is 0 Å². The lowest BCUT2D eigenvalue weighted by atomic mass is 10.2. The molecule has 0 aromatic heterocycles. The highest BCUT2D eigenvalue weighted by molar-refractivity contribution is 8.00. The summed E-state index contributed by atoms with van der Waals surface area (Å²) in [5, 5.41) is 0. The van der Waals surface area contributed by atoms with E-state index in [0.717, 1.165) is 100 Å². The van der Waals surface area contributed by atoms with Gasteiger partial charge in [-0.05, 0) is 61.2 Å². The van der Waals surface area contributed by atoms with Crippen LogP contribution in [0.3, 0.4) is 0 Å². The largest absolute Gasteiger partial charge is 0.462 e. The van der Waals surface area contributed by atoms with Crippen LogP contribution >= 0.6 is 70.6 Å². The van der Waals surface area contributed by atoms with Crippen LogP contribution in [-0.4, -0.2) is 319 Å². The summed E-state index contributed by atoms with van der Waals surface area (Å²) >= 11 is 9.77. The van der Waals surface area contributed by atoms with E-state index >= 15 is 0 Å². The Kier molecular flexibility index (Phi) is 73.8. The Hall–Kier alpha value is -4.42. The molecule has 0 saturated heterocycles. The van der Waals surface area contributed by atoms with Gasteiger partial charge in [-0.25, -0.2) is 0 Å². The molecular formula is C82H146N4O24S6. The van der Waals surface area contributed by atoms with Gasteiger partial charge in [0.1, 0.15) is 79.3 Å². The Labute approximate surface area is 719 Å². The number of carbonyl (C=O) groups is 12. The van der Waals surface area contributed by atoms with Gasteiger partial charge in [0.25, 0.3) is 0 Å². The van der Waals surface area contributed by atoms with Gasteiger partial charge < -0.3 is 71.5 Å². The lowest BCUT2D eigenvalue weighted by molar-refractivity contribution is -0.154. The molecule has 0 aromatic carbocycles. The third kappa shape index (κ3) is 65.4. The molecule has 0 aliphatic heterocycles.